The highest BCUT2D eigenvalue weighted by molar-refractivity contribution is 6.70. The maximum absolute atomic E-state index is 11.2. The van der Waals surface area contributed by atoms with Crippen LogP contribution in [0.2, 0.25) is 0 Å². The van der Waals surface area contributed by atoms with E-state index in [1.54, 1.807) is 24.3 Å². The molecule has 1 saturated carbocycles. The second-order valence-electron chi connectivity index (χ2n) is 9.03. The van der Waals surface area contributed by atoms with Crippen LogP contribution in [-0.2, 0) is 4.74 Å². The van der Waals surface area contributed by atoms with Crippen molar-refractivity contribution in [2.75, 3.05) is 31.3 Å². The van der Waals surface area contributed by atoms with E-state index < -0.39 is 5.66 Å². The third-order valence-electron chi connectivity index (χ3n) is 7.33. The Bertz CT molecular complexity index is 1180. The number of morpholine rings is 1. The molecule has 0 amide bonds. The predicted molar refractivity (Wildman–Crippen MR) is 130 cm³/mol. The van der Waals surface area contributed by atoms with Gasteiger partial charge < -0.3 is 4.74 Å². The van der Waals surface area contributed by atoms with E-state index in [4.69, 9.17) is 26.5 Å². The molecule has 176 valence electrons. The molecule has 3 aliphatic heterocycles. The van der Waals surface area contributed by atoms with Gasteiger partial charge in [-0.2, -0.15) is 10.2 Å². The maximum atomic E-state index is 11.2. The van der Waals surface area contributed by atoms with Crippen LogP contribution in [0, 0.1) is 10.1 Å². The van der Waals surface area contributed by atoms with Gasteiger partial charge in [-0.3, -0.25) is 20.0 Å². The summed E-state index contributed by atoms with van der Waals surface area (Å²) in [6.07, 6.45) is 3.99. The number of non-ortho nitro benzene ring substituents is 1. The lowest BCUT2D eigenvalue weighted by molar-refractivity contribution is -0.384. The lowest BCUT2D eigenvalue weighted by atomic mass is 9.79. The van der Waals surface area contributed by atoms with Crippen molar-refractivity contribution in [3.05, 3.63) is 69.8 Å². The van der Waals surface area contributed by atoms with Crippen LogP contribution in [0.1, 0.15) is 36.8 Å². The fourth-order valence-corrected chi connectivity index (χ4v) is 6.04. The van der Waals surface area contributed by atoms with E-state index in [1.807, 2.05) is 24.3 Å². The highest BCUT2D eigenvalue weighted by Gasteiger charge is 2.58. The van der Waals surface area contributed by atoms with Crippen molar-refractivity contribution in [2.45, 2.75) is 37.4 Å². The van der Waals surface area contributed by atoms with Crippen molar-refractivity contribution in [3.8, 4) is 0 Å². The predicted octanol–water partition coefficient (Wildman–Crippen LogP) is 3.96. The van der Waals surface area contributed by atoms with Crippen molar-refractivity contribution in [2.24, 2.45) is 10.2 Å². The molecule has 2 fully saturated rings. The van der Waals surface area contributed by atoms with Gasteiger partial charge in [0, 0.05) is 36.3 Å². The molecule has 0 bridgehead atoms. The Morgan fingerprint density at radius 2 is 1.76 bits per heavy atom. The zero-order valence-corrected chi connectivity index (χ0v) is 19.4. The van der Waals surface area contributed by atoms with Gasteiger partial charge in [-0.05, 0) is 31.4 Å². The Kier molecular flexibility index (Phi) is 5.28. The zero-order chi connectivity index (χ0) is 23.3. The van der Waals surface area contributed by atoms with Crippen molar-refractivity contribution < 1.29 is 9.66 Å². The molecule has 9 nitrogen and oxygen atoms in total. The lowest BCUT2D eigenvalue weighted by Gasteiger charge is -2.60. The van der Waals surface area contributed by atoms with E-state index in [-0.39, 0.29) is 16.7 Å². The molecule has 4 aliphatic rings. The van der Waals surface area contributed by atoms with E-state index in [1.165, 1.54) is 0 Å². The molecule has 2 aromatic rings. The van der Waals surface area contributed by atoms with Crippen molar-refractivity contribution >= 4 is 34.0 Å². The molecule has 0 N–H and O–H groups in total. The fraction of sp³-hybridized carbons (Fsp3) is 0.417. The number of rotatable bonds is 3. The minimum atomic E-state index is -0.450. The Balaban J connectivity index is 1.56. The number of benzene rings is 2. The van der Waals surface area contributed by atoms with Gasteiger partial charge in [0.2, 0.25) is 0 Å². The monoisotopic (exact) mass is 480 g/mol. The molecule has 10 heteroatoms. The van der Waals surface area contributed by atoms with E-state index >= 15 is 0 Å². The summed E-state index contributed by atoms with van der Waals surface area (Å²) in [5.41, 5.74) is 2.24. The molecule has 1 saturated heterocycles. The average molecular weight is 481 g/mol. The number of hydrogen-bond acceptors (Lipinski definition) is 8. The number of fused-ring (bicyclic) bond motifs is 5. The molecule has 6 rings (SSSR count). The number of nitro benzene ring substituents is 1. The summed E-state index contributed by atoms with van der Waals surface area (Å²) < 4.78 is 5.70. The topological polar surface area (TPSA) is 86.8 Å². The van der Waals surface area contributed by atoms with E-state index in [0.29, 0.717) is 18.4 Å². The Morgan fingerprint density at radius 1 is 1.03 bits per heavy atom. The van der Waals surface area contributed by atoms with Crippen molar-refractivity contribution in [1.82, 2.24) is 9.91 Å². The molecule has 2 atom stereocenters. The summed E-state index contributed by atoms with van der Waals surface area (Å²) in [5.74, 6) is 0.753. The molecule has 2 aromatic carbocycles. The highest BCUT2D eigenvalue weighted by atomic mass is 35.5. The number of amidine groups is 1. The summed E-state index contributed by atoms with van der Waals surface area (Å²) in [7, 11) is 0. The van der Waals surface area contributed by atoms with Gasteiger partial charge in [-0.25, -0.2) is 5.01 Å². The van der Waals surface area contributed by atoms with Gasteiger partial charge in [-0.15, -0.1) is 0 Å². The maximum Gasteiger partial charge on any atom is 0.269 e. The van der Waals surface area contributed by atoms with Crippen LogP contribution < -0.4 is 5.01 Å². The van der Waals surface area contributed by atoms with Crippen LogP contribution in [-0.4, -0.2) is 63.8 Å². The van der Waals surface area contributed by atoms with Gasteiger partial charge in [-0.1, -0.05) is 42.3 Å². The summed E-state index contributed by atoms with van der Waals surface area (Å²) in [6, 6.07) is 14.6. The van der Waals surface area contributed by atoms with Crippen molar-refractivity contribution in [3.63, 3.8) is 0 Å². The fourth-order valence-electron chi connectivity index (χ4n) is 5.80. The third kappa shape index (κ3) is 3.22. The molecule has 3 heterocycles. The first-order valence-corrected chi connectivity index (χ1v) is 12.1. The van der Waals surface area contributed by atoms with Crippen LogP contribution in [0.4, 0.5) is 11.4 Å². The van der Waals surface area contributed by atoms with Gasteiger partial charge in [0.15, 0.2) is 11.0 Å². The van der Waals surface area contributed by atoms with Crippen molar-refractivity contribution in [1.29, 1.82) is 0 Å². The molecular weight excluding hydrogens is 456 g/mol. The van der Waals surface area contributed by atoms with Crippen LogP contribution in [0.15, 0.2) is 58.7 Å². The Labute approximate surface area is 202 Å². The average Bonchev–Trinajstić information content (AvgIpc) is 2.89. The number of anilines is 1. The molecular formula is C24H25ClN6O3. The smallest absolute Gasteiger partial charge is 0.269 e. The quantitative estimate of drug-likeness (QED) is 0.488. The molecule has 2 unspecified atom stereocenters. The third-order valence-corrected chi connectivity index (χ3v) is 7.61. The normalized spacial score (nSPS) is 26.7. The number of hydrogen-bond donors (Lipinski definition) is 0. The summed E-state index contributed by atoms with van der Waals surface area (Å²) in [5, 5.41) is 25.9. The van der Waals surface area contributed by atoms with E-state index in [2.05, 4.69) is 14.9 Å². The molecule has 0 radical (unpaired) electrons. The standard InChI is InChI=1S/C24H25ClN6O3/c25-22-19-5-1-2-6-20(19)23-27-29(17-8-10-18(11-9-17)31(32)33)21-7-3-4-12-24(21,30(23)26-22)28-13-15-34-16-14-28/h1-2,5-6,8-11,21H,3-4,7,12-16H2. The minimum Gasteiger partial charge on any atom is -0.379 e. The number of halogens is 1. The highest BCUT2D eigenvalue weighted by Crippen LogP contribution is 2.47. The molecule has 0 spiro atoms. The van der Waals surface area contributed by atoms with Crippen LogP contribution in [0.5, 0.6) is 0 Å². The summed E-state index contributed by atoms with van der Waals surface area (Å²) in [6.45, 7) is 2.92. The first-order chi connectivity index (χ1) is 16.6. The van der Waals surface area contributed by atoms with E-state index in [0.717, 1.165) is 61.4 Å². The number of nitro groups is 1. The summed E-state index contributed by atoms with van der Waals surface area (Å²) >= 11 is 6.73. The van der Waals surface area contributed by atoms with Crippen LogP contribution >= 0.6 is 11.6 Å². The molecule has 34 heavy (non-hydrogen) atoms. The van der Waals surface area contributed by atoms with Crippen LogP contribution in [0.3, 0.4) is 0 Å². The van der Waals surface area contributed by atoms with E-state index in [9.17, 15) is 10.1 Å². The molecule has 0 aromatic heterocycles. The number of ether oxygens (including phenoxy) is 1. The second kappa shape index (κ2) is 8.33. The van der Waals surface area contributed by atoms with Gasteiger partial charge in [0.25, 0.3) is 5.69 Å². The van der Waals surface area contributed by atoms with Crippen LogP contribution in [0.25, 0.3) is 0 Å². The number of nitrogens with zero attached hydrogens (tertiary/aromatic N) is 6. The Hall–Kier alpha value is -3.01. The van der Waals surface area contributed by atoms with Gasteiger partial charge in [0.1, 0.15) is 5.66 Å². The SMILES string of the molecule is O=[N+]([O-])c1ccc(N2N=C3c4ccccc4C(Cl)=NN3C3(N4CCOCC4)CCCCC23)cc1. The lowest BCUT2D eigenvalue weighted by Crippen LogP contribution is -2.75. The second-order valence-corrected chi connectivity index (χ2v) is 9.39. The first kappa shape index (κ1) is 21.5. The van der Waals surface area contributed by atoms with Gasteiger partial charge >= 0.3 is 0 Å². The first-order valence-electron chi connectivity index (χ1n) is 11.7. The number of hydrazone groups is 2. The summed E-state index contributed by atoms with van der Waals surface area (Å²) in [4.78, 5) is 13.3. The molecule has 1 aliphatic carbocycles. The minimum absolute atomic E-state index is 0.00281. The van der Waals surface area contributed by atoms with Gasteiger partial charge in [0.05, 0.1) is 29.9 Å². The largest absolute Gasteiger partial charge is 0.379 e. The Morgan fingerprint density at radius 3 is 2.50 bits per heavy atom. The zero-order valence-electron chi connectivity index (χ0n) is 18.6.